The lowest BCUT2D eigenvalue weighted by Gasteiger charge is -2.26. The van der Waals surface area contributed by atoms with Crippen molar-refractivity contribution < 1.29 is 0 Å². The molecule has 1 heterocycles. The second kappa shape index (κ2) is 5.27. The third kappa shape index (κ3) is 3.45. The van der Waals surface area contributed by atoms with Crippen LogP contribution in [0.1, 0.15) is 46.1 Å². The van der Waals surface area contributed by atoms with Crippen LogP contribution in [0.2, 0.25) is 0 Å². The number of nitrogens with one attached hydrogen (secondary N) is 1. The highest BCUT2D eigenvalue weighted by Crippen LogP contribution is 2.32. The molecule has 0 aromatic carbocycles. The highest BCUT2D eigenvalue weighted by Gasteiger charge is 2.30. The summed E-state index contributed by atoms with van der Waals surface area (Å²) in [6, 6.07) is 4.94. The molecule has 0 radical (unpaired) electrons. The Kier molecular flexibility index (Phi) is 3.91. The summed E-state index contributed by atoms with van der Waals surface area (Å²) in [6.07, 6.45) is 4.54. The first-order chi connectivity index (χ1) is 8.51. The molecule has 1 aromatic heterocycles. The van der Waals surface area contributed by atoms with Gasteiger partial charge in [0, 0.05) is 36.4 Å². The van der Waals surface area contributed by atoms with Crippen LogP contribution in [0.5, 0.6) is 0 Å². The summed E-state index contributed by atoms with van der Waals surface area (Å²) in [4.78, 5) is 7.04. The molecule has 0 aliphatic heterocycles. The van der Waals surface area contributed by atoms with Crippen LogP contribution in [-0.2, 0) is 6.54 Å². The van der Waals surface area contributed by atoms with Gasteiger partial charge >= 0.3 is 0 Å². The van der Waals surface area contributed by atoms with E-state index in [1.165, 1.54) is 24.2 Å². The Labute approximate surface area is 111 Å². The van der Waals surface area contributed by atoms with Gasteiger partial charge < -0.3 is 10.2 Å². The minimum absolute atomic E-state index is 0.143. The molecule has 0 spiro atoms. The van der Waals surface area contributed by atoms with Gasteiger partial charge in [-0.1, -0.05) is 6.07 Å². The van der Waals surface area contributed by atoms with Gasteiger partial charge in [0.2, 0.25) is 0 Å². The van der Waals surface area contributed by atoms with Crippen LogP contribution in [-0.4, -0.2) is 23.1 Å². The van der Waals surface area contributed by atoms with Gasteiger partial charge in [0.15, 0.2) is 0 Å². The number of rotatable bonds is 5. The van der Waals surface area contributed by atoms with Gasteiger partial charge in [-0.2, -0.15) is 0 Å². The van der Waals surface area contributed by atoms with Crippen molar-refractivity contribution in [2.75, 3.05) is 11.4 Å². The molecule has 0 bridgehead atoms. The lowest BCUT2D eigenvalue weighted by atomic mass is 10.1. The van der Waals surface area contributed by atoms with Crippen molar-refractivity contribution in [1.82, 2.24) is 10.3 Å². The maximum absolute atomic E-state index is 4.60. The molecule has 1 aromatic rings. The highest BCUT2D eigenvalue weighted by atomic mass is 15.2. The van der Waals surface area contributed by atoms with Gasteiger partial charge in [0.25, 0.3) is 0 Å². The molecule has 18 heavy (non-hydrogen) atoms. The van der Waals surface area contributed by atoms with Crippen LogP contribution in [0.15, 0.2) is 18.3 Å². The normalized spacial score (nSPS) is 15.8. The molecule has 1 aliphatic rings. The van der Waals surface area contributed by atoms with Crippen molar-refractivity contribution in [3.63, 3.8) is 0 Å². The molecular formula is C15H25N3. The molecule has 0 atom stereocenters. The van der Waals surface area contributed by atoms with Gasteiger partial charge in [-0.25, -0.2) is 4.98 Å². The van der Waals surface area contributed by atoms with Crippen LogP contribution in [0.25, 0.3) is 0 Å². The van der Waals surface area contributed by atoms with Crippen molar-refractivity contribution in [2.45, 2.75) is 58.7 Å². The lowest BCUT2D eigenvalue weighted by molar-refractivity contribution is 0.424. The maximum atomic E-state index is 4.60. The first-order valence-corrected chi connectivity index (χ1v) is 6.97. The molecule has 3 nitrogen and oxygen atoms in total. The lowest BCUT2D eigenvalue weighted by Crippen LogP contribution is -2.36. The van der Waals surface area contributed by atoms with E-state index in [4.69, 9.17) is 0 Å². The van der Waals surface area contributed by atoms with Crippen molar-refractivity contribution >= 4 is 5.82 Å². The van der Waals surface area contributed by atoms with E-state index in [1.807, 2.05) is 12.3 Å². The SMILES string of the molecule is CCN(c1ncccc1CNC(C)(C)C)C1CC1. The minimum Gasteiger partial charge on any atom is -0.354 e. The highest BCUT2D eigenvalue weighted by molar-refractivity contribution is 5.48. The van der Waals surface area contributed by atoms with Crippen molar-refractivity contribution in [1.29, 1.82) is 0 Å². The maximum Gasteiger partial charge on any atom is 0.133 e. The molecule has 2 rings (SSSR count). The molecule has 100 valence electrons. The number of hydrogen-bond acceptors (Lipinski definition) is 3. The van der Waals surface area contributed by atoms with E-state index in [0.29, 0.717) is 0 Å². The Morgan fingerprint density at radius 2 is 2.11 bits per heavy atom. The van der Waals surface area contributed by atoms with Crippen molar-refractivity contribution in [2.24, 2.45) is 0 Å². The molecule has 1 N–H and O–H groups in total. The third-order valence-electron chi connectivity index (χ3n) is 3.28. The quantitative estimate of drug-likeness (QED) is 0.867. The summed E-state index contributed by atoms with van der Waals surface area (Å²) < 4.78 is 0. The van der Waals surface area contributed by atoms with E-state index >= 15 is 0 Å². The summed E-state index contributed by atoms with van der Waals surface area (Å²) >= 11 is 0. The standard InChI is InChI=1S/C15H25N3/c1-5-18(13-8-9-13)14-12(7-6-10-16-14)11-17-15(2,3)4/h6-7,10,13,17H,5,8-9,11H2,1-4H3. The molecular weight excluding hydrogens is 222 g/mol. The van der Waals surface area contributed by atoms with Gasteiger partial charge in [-0.05, 0) is 46.6 Å². The molecule has 0 unspecified atom stereocenters. The summed E-state index contributed by atoms with van der Waals surface area (Å²) in [6.45, 7) is 10.7. The first-order valence-electron chi connectivity index (χ1n) is 6.97. The molecule has 0 amide bonds. The summed E-state index contributed by atoms with van der Waals surface area (Å²) in [5, 5.41) is 3.55. The third-order valence-corrected chi connectivity index (χ3v) is 3.28. The first kappa shape index (κ1) is 13.3. The second-order valence-corrected chi connectivity index (χ2v) is 6.11. The number of hydrogen-bond donors (Lipinski definition) is 1. The zero-order valence-corrected chi connectivity index (χ0v) is 12.0. The fourth-order valence-electron chi connectivity index (χ4n) is 2.15. The number of anilines is 1. The average molecular weight is 247 g/mol. The number of aromatic nitrogens is 1. The molecule has 1 fully saturated rings. The van der Waals surface area contributed by atoms with Crippen LogP contribution in [0.4, 0.5) is 5.82 Å². The topological polar surface area (TPSA) is 28.2 Å². The predicted molar refractivity (Wildman–Crippen MR) is 76.9 cm³/mol. The summed E-state index contributed by atoms with van der Waals surface area (Å²) in [5.74, 6) is 1.17. The largest absolute Gasteiger partial charge is 0.354 e. The Morgan fingerprint density at radius 3 is 2.67 bits per heavy atom. The van der Waals surface area contributed by atoms with Crippen LogP contribution >= 0.6 is 0 Å². The zero-order valence-electron chi connectivity index (χ0n) is 12.0. The van der Waals surface area contributed by atoms with Crippen molar-refractivity contribution in [3.05, 3.63) is 23.9 Å². The summed E-state index contributed by atoms with van der Waals surface area (Å²) in [5.41, 5.74) is 1.45. The zero-order chi connectivity index (χ0) is 13.2. The van der Waals surface area contributed by atoms with Crippen LogP contribution in [0, 0.1) is 0 Å². The average Bonchev–Trinajstić information content (AvgIpc) is 3.12. The monoisotopic (exact) mass is 247 g/mol. The second-order valence-electron chi connectivity index (χ2n) is 6.11. The Morgan fingerprint density at radius 1 is 1.39 bits per heavy atom. The minimum atomic E-state index is 0.143. The summed E-state index contributed by atoms with van der Waals surface area (Å²) in [7, 11) is 0. The number of pyridine rings is 1. The van der Waals surface area contributed by atoms with E-state index < -0.39 is 0 Å². The van der Waals surface area contributed by atoms with E-state index in [-0.39, 0.29) is 5.54 Å². The van der Waals surface area contributed by atoms with E-state index in [0.717, 1.165) is 19.1 Å². The molecule has 3 heteroatoms. The van der Waals surface area contributed by atoms with Gasteiger partial charge in [-0.15, -0.1) is 0 Å². The Hall–Kier alpha value is -1.09. The molecule has 1 aliphatic carbocycles. The number of nitrogens with zero attached hydrogens (tertiary/aromatic N) is 2. The molecule has 1 saturated carbocycles. The van der Waals surface area contributed by atoms with Gasteiger partial charge in [0.05, 0.1) is 0 Å². The Bertz CT molecular complexity index is 391. The van der Waals surface area contributed by atoms with E-state index in [9.17, 15) is 0 Å². The van der Waals surface area contributed by atoms with Crippen LogP contribution in [0.3, 0.4) is 0 Å². The van der Waals surface area contributed by atoms with E-state index in [1.54, 1.807) is 0 Å². The predicted octanol–water partition coefficient (Wildman–Crippen LogP) is 2.96. The van der Waals surface area contributed by atoms with Gasteiger partial charge in [-0.3, -0.25) is 0 Å². The molecule has 0 saturated heterocycles. The van der Waals surface area contributed by atoms with Crippen molar-refractivity contribution in [3.8, 4) is 0 Å². The van der Waals surface area contributed by atoms with Gasteiger partial charge in [0.1, 0.15) is 5.82 Å². The Balaban J connectivity index is 2.14. The smallest absolute Gasteiger partial charge is 0.133 e. The fraction of sp³-hybridized carbons (Fsp3) is 0.667. The fourth-order valence-corrected chi connectivity index (χ4v) is 2.15. The van der Waals surface area contributed by atoms with Crippen LogP contribution < -0.4 is 10.2 Å². The van der Waals surface area contributed by atoms with E-state index in [2.05, 4.69) is 49.0 Å².